The lowest BCUT2D eigenvalue weighted by Crippen LogP contribution is -2.48. The van der Waals surface area contributed by atoms with Crippen molar-refractivity contribution in [2.24, 2.45) is 5.92 Å². The Balaban J connectivity index is 1.55. The molecule has 1 unspecified atom stereocenters. The van der Waals surface area contributed by atoms with Crippen LogP contribution >= 0.6 is 0 Å². The Morgan fingerprint density at radius 1 is 1.27 bits per heavy atom. The number of anilines is 1. The summed E-state index contributed by atoms with van der Waals surface area (Å²) in [6.07, 6.45) is 5.54. The number of aryl methyl sites for hydroxylation is 1. The molecule has 1 aliphatic heterocycles. The molecule has 2 heterocycles. The van der Waals surface area contributed by atoms with Crippen LogP contribution < -0.4 is 10.6 Å². The number of aromatic nitrogens is 1. The van der Waals surface area contributed by atoms with E-state index < -0.39 is 0 Å². The van der Waals surface area contributed by atoms with E-state index in [0.29, 0.717) is 18.4 Å². The lowest BCUT2D eigenvalue weighted by Gasteiger charge is -2.32. The fourth-order valence-electron chi connectivity index (χ4n) is 2.64. The minimum atomic E-state index is -0.165. The van der Waals surface area contributed by atoms with Crippen molar-refractivity contribution in [2.75, 3.05) is 18.4 Å². The summed E-state index contributed by atoms with van der Waals surface area (Å²) in [6.45, 7) is 3.16. The standard InChI is InChI=1S/C16H22N4O2/c1-11-4-7-14(17-9-11)19-15(21)12-3-2-8-20(10-12)16(22)18-13-5-6-13/h4,7,9,12-13H,2-3,5-6,8,10H2,1H3,(H,18,22)(H,17,19,21). The number of carbonyl (C=O) groups excluding carboxylic acids is 2. The van der Waals surface area contributed by atoms with E-state index in [9.17, 15) is 9.59 Å². The molecule has 0 radical (unpaired) electrons. The maximum Gasteiger partial charge on any atom is 0.317 e. The van der Waals surface area contributed by atoms with Crippen molar-refractivity contribution in [3.05, 3.63) is 23.9 Å². The van der Waals surface area contributed by atoms with Crippen LogP contribution in [0.5, 0.6) is 0 Å². The van der Waals surface area contributed by atoms with Crippen LogP contribution in [0.4, 0.5) is 10.6 Å². The second kappa shape index (κ2) is 6.34. The Labute approximate surface area is 130 Å². The number of pyridine rings is 1. The maximum atomic E-state index is 12.3. The molecule has 2 N–H and O–H groups in total. The first-order valence-corrected chi connectivity index (χ1v) is 7.91. The number of urea groups is 1. The highest BCUT2D eigenvalue weighted by molar-refractivity contribution is 5.92. The number of piperidine rings is 1. The van der Waals surface area contributed by atoms with Gasteiger partial charge in [-0.25, -0.2) is 9.78 Å². The quantitative estimate of drug-likeness (QED) is 0.895. The summed E-state index contributed by atoms with van der Waals surface area (Å²) in [4.78, 5) is 30.4. The lowest BCUT2D eigenvalue weighted by atomic mass is 9.97. The van der Waals surface area contributed by atoms with Gasteiger partial charge < -0.3 is 15.5 Å². The molecule has 1 aliphatic carbocycles. The number of nitrogens with zero attached hydrogens (tertiary/aromatic N) is 2. The van der Waals surface area contributed by atoms with Gasteiger partial charge in [0.1, 0.15) is 5.82 Å². The Morgan fingerprint density at radius 2 is 2.09 bits per heavy atom. The minimum absolute atomic E-state index is 0.0338. The smallest absolute Gasteiger partial charge is 0.317 e. The molecule has 1 saturated heterocycles. The van der Waals surface area contributed by atoms with E-state index in [1.165, 1.54) is 0 Å². The van der Waals surface area contributed by atoms with E-state index in [-0.39, 0.29) is 17.9 Å². The molecule has 0 aromatic carbocycles. The van der Waals surface area contributed by atoms with Gasteiger partial charge in [0.25, 0.3) is 0 Å². The number of carbonyl (C=O) groups is 2. The maximum absolute atomic E-state index is 12.3. The van der Waals surface area contributed by atoms with E-state index in [2.05, 4.69) is 15.6 Å². The zero-order chi connectivity index (χ0) is 15.5. The molecule has 1 aromatic heterocycles. The van der Waals surface area contributed by atoms with Crippen LogP contribution in [0.3, 0.4) is 0 Å². The second-order valence-corrected chi connectivity index (χ2v) is 6.22. The van der Waals surface area contributed by atoms with Crippen LogP contribution in [0.25, 0.3) is 0 Å². The summed E-state index contributed by atoms with van der Waals surface area (Å²) in [5, 5.41) is 5.82. The van der Waals surface area contributed by atoms with Crippen molar-refractivity contribution < 1.29 is 9.59 Å². The van der Waals surface area contributed by atoms with Crippen LogP contribution in [-0.4, -0.2) is 41.0 Å². The van der Waals surface area contributed by atoms with E-state index in [1.807, 2.05) is 13.0 Å². The molecule has 0 bridgehead atoms. The summed E-state index contributed by atoms with van der Waals surface area (Å²) in [6, 6.07) is 4.03. The molecule has 6 heteroatoms. The van der Waals surface area contributed by atoms with E-state index in [4.69, 9.17) is 0 Å². The molecule has 0 spiro atoms. The SMILES string of the molecule is Cc1ccc(NC(=O)C2CCCN(C(=O)NC3CC3)C2)nc1. The van der Waals surface area contributed by atoms with Gasteiger partial charge in [-0.3, -0.25) is 4.79 Å². The van der Waals surface area contributed by atoms with Gasteiger partial charge in [0.2, 0.25) is 5.91 Å². The number of rotatable bonds is 3. The predicted octanol–water partition coefficient (Wildman–Crippen LogP) is 1.91. The summed E-state index contributed by atoms with van der Waals surface area (Å²) >= 11 is 0. The molecule has 1 saturated carbocycles. The highest BCUT2D eigenvalue weighted by Crippen LogP contribution is 2.22. The van der Waals surface area contributed by atoms with E-state index in [1.54, 1.807) is 17.2 Å². The number of nitrogens with one attached hydrogen (secondary N) is 2. The van der Waals surface area contributed by atoms with Gasteiger partial charge in [-0.05, 0) is 44.2 Å². The monoisotopic (exact) mass is 302 g/mol. The zero-order valence-corrected chi connectivity index (χ0v) is 12.8. The summed E-state index contributed by atoms with van der Waals surface area (Å²) in [5.41, 5.74) is 1.05. The van der Waals surface area contributed by atoms with Crippen molar-refractivity contribution in [1.82, 2.24) is 15.2 Å². The van der Waals surface area contributed by atoms with Crippen molar-refractivity contribution in [3.8, 4) is 0 Å². The molecular weight excluding hydrogens is 280 g/mol. The summed E-state index contributed by atoms with van der Waals surface area (Å²) in [5.74, 6) is 0.345. The highest BCUT2D eigenvalue weighted by atomic mass is 16.2. The molecule has 118 valence electrons. The van der Waals surface area contributed by atoms with Crippen LogP contribution in [0.15, 0.2) is 18.3 Å². The number of hydrogen-bond acceptors (Lipinski definition) is 3. The van der Waals surface area contributed by atoms with Gasteiger partial charge in [-0.1, -0.05) is 6.07 Å². The third-order valence-corrected chi connectivity index (χ3v) is 4.15. The largest absolute Gasteiger partial charge is 0.335 e. The van der Waals surface area contributed by atoms with Crippen molar-refractivity contribution in [1.29, 1.82) is 0 Å². The Morgan fingerprint density at radius 3 is 2.77 bits per heavy atom. The van der Waals surface area contributed by atoms with Crippen LogP contribution in [0.2, 0.25) is 0 Å². The zero-order valence-electron chi connectivity index (χ0n) is 12.8. The minimum Gasteiger partial charge on any atom is -0.335 e. The van der Waals surface area contributed by atoms with Crippen LogP contribution in [0, 0.1) is 12.8 Å². The molecule has 6 nitrogen and oxygen atoms in total. The lowest BCUT2D eigenvalue weighted by molar-refractivity contribution is -0.121. The Kier molecular flexibility index (Phi) is 4.27. The first-order chi connectivity index (χ1) is 10.6. The molecule has 1 aromatic rings. The third kappa shape index (κ3) is 3.75. The first-order valence-electron chi connectivity index (χ1n) is 7.91. The highest BCUT2D eigenvalue weighted by Gasteiger charge is 2.31. The number of amides is 3. The third-order valence-electron chi connectivity index (χ3n) is 4.15. The van der Waals surface area contributed by atoms with Gasteiger partial charge in [0, 0.05) is 25.3 Å². The summed E-state index contributed by atoms with van der Waals surface area (Å²) in [7, 11) is 0. The van der Waals surface area contributed by atoms with Crippen molar-refractivity contribution >= 4 is 17.8 Å². The Bertz CT molecular complexity index is 554. The van der Waals surface area contributed by atoms with Gasteiger partial charge in [0.05, 0.1) is 5.92 Å². The predicted molar refractivity (Wildman–Crippen MR) is 83.5 cm³/mol. The fraction of sp³-hybridized carbons (Fsp3) is 0.562. The average Bonchev–Trinajstić information content (AvgIpc) is 3.33. The van der Waals surface area contributed by atoms with E-state index >= 15 is 0 Å². The Hall–Kier alpha value is -2.11. The summed E-state index contributed by atoms with van der Waals surface area (Å²) < 4.78 is 0. The van der Waals surface area contributed by atoms with Gasteiger partial charge in [-0.2, -0.15) is 0 Å². The van der Waals surface area contributed by atoms with Crippen molar-refractivity contribution in [3.63, 3.8) is 0 Å². The molecule has 22 heavy (non-hydrogen) atoms. The number of hydrogen-bond donors (Lipinski definition) is 2. The van der Waals surface area contributed by atoms with E-state index in [0.717, 1.165) is 37.8 Å². The normalized spacial score (nSPS) is 21.3. The van der Waals surface area contributed by atoms with Gasteiger partial charge >= 0.3 is 6.03 Å². The molecule has 3 amide bonds. The molecule has 2 aliphatic rings. The fourth-order valence-corrected chi connectivity index (χ4v) is 2.64. The topological polar surface area (TPSA) is 74.3 Å². The van der Waals surface area contributed by atoms with Crippen LogP contribution in [-0.2, 0) is 4.79 Å². The second-order valence-electron chi connectivity index (χ2n) is 6.22. The molecule has 1 atom stereocenters. The molecule has 2 fully saturated rings. The van der Waals surface area contributed by atoms with Gasteiger partial charge in [-0.15, -0.1) is 0 Å². The molecular formula is C16H22N4O2. The van der Waals surface area contributed by atoms with Crippen LogP contribution in [0.1, 0.15) is 31.2 Å². The van der Waals surface area contributed by atoms with Gasteiger partial charge in [0.15, 0.2) is 0 Å². The van der Waals surface area contributed by atoms with Crippen molar-refractivity contribution in [2.45, 2.75) is 38.6 Å². The number of likely N-dealkylation sites (tertiary alicyclic amines) is 1. The first kappa shape index (κ1) is 14.8. The average molecular weight is 302 g/mol. The molecule has 3 rings (SSSR count).